The molecule has 0 radical (unpaired) electrons. The zero-order chi connectivity index (χ0) is 25.2. The van der Waals surface area contributed by atoms with Crippen LogP contribution in [0.1, 0.15) is 46.0 Å². The zero-order valence-corrected chi connectivity index (χ0v) is 23.5. The molecule has 36 heavy (non-hydrogen) atoms. The molecule has 10 heteroatoms. The van der Waals surface area contributed by atoms with E-state index in [2.05, 4.69) is 68.4 Å². The molecule has 4 heterocycles. The van der Waals surface area contributed by atoms with Gasteiger partial charge in [-0.1, -0.05) is 6.42 Å². The third-order valence-electron chi connectivity index (χ3n) is 9.36. The SMILES string of the molecule is CC(C)N1NCC2C(C(=O)NCN3CC4SCCN4C3)CC(C3CCCC(CN(C)CCN)C3)NC21. The van der Waals surface area contributed by atoms with Crippen molar-refractivity contribution in [2.45, 2.75) is 69.6 Å². The lowest BCUT2D eigenvalue weighted by Gasteiger charge is -2.46. The second-order valence-electron chi connectivity index (χ2n) is 12.3. The van der Waals surface area contributed by atoms with E-state index in [0.29, 0.717) is 36.0 Å². The number of thioether (sulfide) groups is 1. The number of nitrogens with zero attached hydrogens (tertiary/aromatic N) is 4. The highest BCUT2D eigenvalue weighted by molar-refractivity contribution is 8.00. The van der Waals surface area contributed by atoms with Gasteiger partial charge in [-0.05, 0) is 58.4 Å². The molecule has 1 amide bonds. The van der Waals surface area contributed by atoms with E-state index < -0.39 is 0 Å². The van der Waals surface area contributed by atoms with Crippen LogP contribution in [0.4, 0.5) is 0 Å². The molecule has 0 aromatic carbocycles. The number of nitrogens with one attached hydrogen (secondary N) is 3. The van der Waals surface area contributed by atoms with Crippen LogP contribution < -0.4 is 21.8 Å². The minimum Gasteiger partial charge on any atom is -0.343 e. The van der Waals surface area contributed by atoms with Crippen molar-refractivity contribution < 1.29 is 4.79 Å². The molecule has 206 valence electrons. The summed E-state index contributed by atoms with van der Waals surface area (Å²) in [4.78, 5) is 21.0. The topological polar surface area (TPSA) is 92.1 Å². The van der Waals surface area contributed by atoms with Crippen LogP contribution in [0.5, 0.6) is 0 Å². The number of nitrogens with two attached hydrogens (primary N) is 1. The number of fused-ring (bicyclic) bond motifs is 2. The molecule has 5 N–H and O–H groups in total. The normalized spacial score (nSPS) is 38.1. The molecule has 0 aromatic heterocycles. The highest BCUT2D eigenvalue weighted by Crippen LogP contribution is 2.40. The first kappa shape index (κ1) is 27.1. The third-order valence-corrected chi connectivity index (χ3v) is 10.6. The number of hydrogen-bond donors (Lipinski definition) is 4. The lowest BCUT2D eigenvalue weighted by molar-refractivity contribution is -0.130. The fraction of sp³-hybridized carbons (Fsp3) is 0.962. The van der Waals surface area contributed by atoms with Gasteiger partial charge in [0.15, 0.2) is 0 Å². The molecule has 0 bridgehead atoms. The second-order valence-corrected chi connectivity index (χ2v) is 13.5. The monoisotopic (exact) mass is 522 g/mol. The Labute approximate surface area is 222 Å². The Morgan fingerprint density at radius 3 is 2.92 bits per heavy atom. The molecule has 0 aromatic rings. The highest BCUT2D eigenvalue weighted by atomic mass is 32.2. The minimum atomic E-state index is 0.0644. The second kappa shape index (κ2) is 12.2. The van der Waals surface area contributed by atoms with E-state index in [1.807, 2.05) is 0 Å². The highest BCUT2D eigenvalue weighted by Gasteiger charge is 2.49. The molecule has 5 rings (SSSR count). The van der Waals surface area contributed by atoms with Crippen LogP contribution in [-0.4, -0.2) is 115 Å². The number of hydrogen-bond acceptors (Lipinski definition) is 9. The Morgan fingerprint density at radius 2 is 2.14 bits per heavy atom. The number of carbonyl (C=O) groups is 1. The van der Waals surface area contributed by atoms with Gasteiger partial charge < -0.3 is 16.0 Å². The lowest BCUT2D eigenvalue weighted by atomic mass is 9.71. The van der Waals surface area contributed by atoms with Gasteiger partial charge >= 0.3 is 0 Å². The number of rotatable bonds is 9. The molecule has 7 unspecified atom stereocenters. The van der Waals surface area contributed by atoms with Crippen LogP contribution in [0.25, 0.3) is 0 Å². The molecular weight excluding hydrogens is 472 g/mol. The Kier molecular flexibility index (Phi) is 9.16. The van der Waals surface area contributed by atoms with E-state index in [4.69, 9.17) is 5.73 Å². The van der Waals surface area contributed by atoms with E-state index in [9.17, 15) is 4.79 Å². The average molecular weight is 523 g/mol. The number of hydrazine groups is 1. The average Bonchev–Trinajstić information content (AvgIpc) is 3.57. The van der Waals surface area contributed by atoms with Crippen LogP contribution in [-0.2, 0) is 4.79 Å². The smallest absolute Gasteiger partial charge is 0.224 e. The maximum absolute atomic E-state index is 13.7. The van der Waals surface area contributed by atoms with Crippen LogP contribution >= 0.6 is 11.8 Å². The van der Waals surface area contributed by atoms with Gasteiger partial charge in [0.05, 0.1) is 24.9 Å². The summed E-state index contributed by atoms with van der Waals surface area (Å²) < 4.78 is 0. The molecule has 1 aliphatic carbocycles. The summed E-state index contributed by atoms with van der Waals surface area (Å²) in [6.07, 6.45) is 6.34. The Bertz CT molecular complexity index is 731. The summed E-state index contributed by atoms with van der Waals surface area (Å²) in [6, 6.07) is 0.800. The van der Waals surface area contributed by atoms with Crippen molar-refractivity contribution in [3.63, 3.8) is 0 Å². The molecule has 4 aliphatic heterocycles. The predicted molar refractivity (Wildman–Crippen MR) is 147 cm³/mol. The molecule has 9 nitrogen and oxygen atoms in total. The summed E-state index contributed by atoms with van der Waals surface area (Å²) in [5, 5.41) is 10.4. The molecule has 0 spiro atoms. The van der Waals surface area contributed by atoms with E-state index in [1.165, 1.54) is 38.0 Å². The first-order valence-electron chi connectivity index (χ1n) is 14.4. The Hall–Kier alpha value is -0.460. The van der Waals surface area contributed by atoms with E-state index in [0.717, 1.165) is 51.7 Å². The van der Waals surface area contributed by atoms with Crippen LogP contribution in [0.3, 0.4) is 0 Å². The summed E-state index contributed by atoms with van der Waals surface area (Å²) in [5.74, 6) is 3.26. The fourth-order valence-electron chi connectivity index (χ4n) is 7.54. The number of carbonyl (C=O) groups excluding carboxylic acids is 1. The Morgan fingerprint density at radius 1 is 1.28 bits per heavy atom. The van der Waals surface area contributed by atoms with Crippen LogP contribution in [0, 0.1) is 23.7 Å². The summed E-state index contributed by atoms with van der Waals surface area (Å²) in [6.45, 7) is 12.1. The maximum Gasteiger partial charge on any atom is 0.224 e. The molecule has 1 saturated carbocycles. The van der Waals surface area contributed by atoms with Crippen molar-refractivity contribution in [1.29, 1.82) is 0 Å². The van der Waals surface area contributed by atoms with Gasteiger partial charge in [-0.25, -0.2) is 5.01 Å². The third kappa shape index (κ3) is 6.06. The van der Waals surface area contributed by atoms with Gasteiger partial charge in [0.1, 0.15) is 0 Å². The first-order chi connectivity index (χ1) is 17.4. The zero-order valence-electron chi connectivity index (χ0n) is 22.7. The molecule has 5 fully saturated rings. The lowest BCUT2D eigenvalue weighted by Crippen LogP contribution is -2.62. The quantitative estimate of drug-likeness (QED) is 0.347. The van der Waals surface area contributed by atoms with E-state index in [-0.39, 0.29) is 18.0 Å². The van der Waals surface area contributed by atoms with Gasteiger partial charge in [0, 0.05) is 68.9 Å². The standard InChI is InChI=1S/C26H50N8OS/c1-18(2)34-25-22(13-29-34)21(26(35)28-16-32-15-24-33(17-32)9-10-36-24)12-23(30-25)20-6-4-5-19(11-20)14-31(3)8-7-27/h18-25,29-30H,4-17,27H2,1-3H3,(H,28,35). The summed E-state index contributed by atoms with van der Waals surface area (Å²) in [7, 11) is 2.20. The van der Waals surface area contributed by atoms with Crippen molar-refractivity contribution in [2.75, 3.05) is 65.4 Å². The number of piperidine rings is 1. The van der Waals surface area contributed by atoms with Crippen LogP contribution in [0.15, 0.2) is 0 Å². The fourth-order valence-corrected chi connectivity index (χ4v) is 8.85. The molecule has 7 atom stereocenters. The molecule has 5 aliphatic rings. The van der Waals surface area contributed by atoms with Gasteiger partial charge in [-0.2, -0.15) is 0 Å². The molecule has 4 saturated heterocycles. The van der Waals surface area contributed by atoms with Gasteiger partial charge in [-0.3, -0.25) is 25.3 Å². The summed E-state index contributed by atoms with van der Waals surface area (Å²) in [5.41, 5.74) is 9.42. The van der Waals surface area contributed by atoms with Crippen molar-refractivity contribution in [2.24, 2.45) is 29.4 Å². The van der Waals surface area contributed by atoms with Gasteiger partial charge in [0.25, 0.3) is 0 Å². The van der Waals surface area contributed by atoms with E-state index >= 15 is 0 Å². The minimum absolute atomic E-state index is 0.0644. The van der Waals surface area contributed by atoms with Crippen molar-refractivity contribution in [1.82, 2.24) is 35.8 Å². The predicted octanol–water partition coefficient (Wildman–Crippen LogP) is 0.554. The first-order valence-corrected chi connectivity index (χ1v) is 15.5. The Balaban J connectivity index is 1.22. The van der Waals surface area contributed by atoms with Crippen LogP contribution in [0.2, 0.25) is 0 Å². The number of amides is 1. The van der Waals surface area contributed by atoms with Gasteiger partial charge in [-0.15, -0.1) is 11.8 Å². The van der Waals surface area contributed by atoms with Gasteiger partial charge in [0.2, 0.25) is 5.91 Å². The number of likely N-dealkylation sites (N-methyl/N-ethyl adjacent to an activating group) is 1. The van der Waals surface area contributed by atoms with Crippen molar-refractivity contribution >= 4 is 17.7 Å². The maximum atomic E-state index is 13.7. The van der Waals surface area contributed by atoms with Crippen molar-refractivity contribution in [3.05, 3.63) is 0 Å². The van der Waals surface area contributed by atoms with Crippen molar-refractivity contribution in [3.8, 4) is 0 Å². The largest absolute Gasteiger partial charge is 0.343 e. The molecular formula is C26H50N8OS. The summed E-state index contributed by atoms with van der Waals surface area (Å²) >= 11 is 2.06. The van der Waals surface area contributed by atoms with E-state index in [1.54, 1.807) is 0 Å².